The minimum Gasteiger partial charge on any atom is -0.495 e. The number of likely N-dealkylation sites (tertiary alicyclic amines) is 1. The van der Waals surface area contributed by atoms with E-state index in [2.05, 4.69) is 5.32 Å². The number of thioether (sulfide) groups is 1. The molecule has 0 bridgehead atoms. The monoisotopic (exact) mass is 446 g/mol. The van der Waals surface area contributed by atoms with E-state index >= 15 is 0 Å². The van der Waals surface area contributed by atoms with Crippen molar-refractivity contribution in [1.29, 1.82) is 0 Å². The Bertz CT molecular complexity index is 906. The molecule has 2 aromatic rings. The molecule has 0 unspecified atom stereocenters. The number of carbonyl (C=O) groups is 2. The van der Waals surface area contributed by atoms with Crippen molar-refractivity contribution < 1.29 is 14.3 Å². The molecule has 1 atom stereocenters. The van der Waals surface area contributed by atoms with Crippen molar-refractivity contribution in [3.8, 4) is 5.75 Å². The Morgan fingerprint density at radius 1 is 1.27 bits per heavy atom. The first-order chi connectivity index (χ1) is 14.5. The lowest BCUT2D eigenvalue weighted by Gasteiger charge is -2.33. The average molecular weight is 447 g/mol. The third-order valence-electron chi connectivity index (χ3n) is 5.36. The van der Waals surface area contributed by atoms with E-state index in [1.165, 1.54) is 0 Å². The maximum atomic E-state index is 13.0. The summed E-state index contributed by atoms with van der Waals surface area (Å²) >= 11 is 7.70. The second-order valence-electron chi connectivity index (χ2n) is 7.40. The molecule has 1 saturated heterocycles. The first-order valence-corrected chi connectivity index (χ1v) is 11.7. The lowest BCUT2D eigenvalue weighted by molar-refractivity contribution is -0.116. The van der Waals surface area contributed by atoms with Gasteiger partial charge in [-0.2, -0.15) is 0 Å². The molecule has 1 N–H and O–H groups in total. The Morgan fingerprint density at radius 3 is 2.80 bits per heavy atom. The van der Waals surface area contributed by atoms with Crippen LogP contribution < -0.4 is 10.1 Å². The molecule has 5 nitrogen and oxygen atoms in total. The molecular weight excluding hydrogens is 420 g/mol. The zero-order chi connectivity index (χ0) is 21.5. The van der Waals surface area contributed by atoms with Gasteiger partial charge in [-0.1, -0.05) is 23.7 Å². The lowest BCUT2D eigenvalue weighted by Crippen LogP contribution is -2.40. The number of anilines is 1. The Balaban J connectivity index is 1.53. The van der Waals surface area contributed by atoms with Gasteiger partial charge in [0.2, 0.25) is 5.91 Å². The molecular formula is C23H27ClN2O3S. The molecule has 1 aliphatic heterocycles. The quantitative estimate of drug-likeness (QED) is 0.583. The number of nitrogens with one attached hydrogen (secondary N) is 1. The highest BCUT2D eigenvalue weighted by Crippen LogP contribution is 2.28. The maximum absolute atomic E-state index is 13.0. The molecule has 2 amide bonds. The van der Waals surface area contributed by atoms with Crippen LogP contribution in [-0.4, -0.2) is 43.2 Å². The van der Waals surface area contributed by atoms with E-state index in [4.69, 9.17) is 16.3 Å². The predicted molar refractivity (Wildman–Crippen MR) is 123 cm³/mol. The fourth-order valence-corrected chi connectivity index (χ4v) is 4.63. The summed E-state index contributed by atoms with van der Waals surface area (Å²) < 4.78 is 5.13. The van der Waals surface area contributed by atoms with Gasteiger partial charge in [0.1, 0.15) is 5.75 Å². The molecule has 30 heavy (non-hydrogen) atoms. The summed E-state index contributed by atoms with van der Waals surface area (Å²) in [5.41, 5.74) is 1.42. The van der Waals surface area contributed by atoms with E-state index in [9.17, 15) is 9.59 Å². The van der Waals surface area contributed by atoms with Gasteiger partial charge in [0.25, 0.3) is 5.91 Å². The molecule has 0 radical (unpaired) electrons. The number of ether oxygens (including phenoxy) is 1. The summed E-state index contributed by atoms with van der Waals surface area (Å²) in [5.74, 6) is 0.938. The molecule has 2 aromatic carbocycles. The first kappa shape index (κ1) is 22.5. The van der Waals surface area contributed by atoms with Gasteiger partial charge in [0.05, 0.1) is 17.7 Å². The van der Waals surface area contributed by atoms with Crippen molar-refractivity contribution in [2.75, 3.05) is 31.8 Å². The Morgan fingerprint density at radius 2 is 2.07 bits per heavy atom. The highest BCUT2D eigenvalue weighted by Gasteiger charge is 2.26. The van der Waals surface area contributed by atoms with Crippen LogP contribution >= 0.6 is 23.4 Å². The number of hydrogen-bond donors (Lipinski definition) is 1. The average Bonchev–Trinajstić information content (AvgIpc) is 2.77. The first-order valence-electron chi connectivity index (χ1n) is 10.1. The van der Waals surface area contributed by atoms with Gasteiger partial charge in [-0.3, -0.25) is 9.59 Å². The molecule has 0 aromatic heterocycles. The number of piperidine rings is 1. The highest BCUT2D eigenvalue weighted by atomic mass is 35.5. The molecule has 160 valence electrons. The molecule has 0 aliphatic carbocycles. The van der Waals surface area contributed by atoms with Crippen LogP contribution in [0.4, 0.5) is 5.69 Å². The summed E-state index contributed by atoms with van der Waals surface area (Å²) in [6.07, 6.45) is 5.16. The number of amides is 2. The molecule has 1 fully saturated rings. The second kappa shape index (κ2) is 10.7. The normalized spacial score (nSPS) is 16.2. The molecule has 7 heteroatoms. The van der Waals surface area contributed by atoms with Gasteiger partial charge in [-0.15, -0.1) is 11.8 Å². The molecule has 0 spiro atoms. The highest BCUT2D eigenvalue weighted by molar-refractivity contribution is 7.98. The minimum atomic E-state index is -0.0487. The molecule has 1 heterocycles. The molecule has 3 rings (SSSR count). The van der Waals surface area contributed by atoms with Crippen molar-refractivity contribution in [2.24, 2.45) is 5.92 Å². The van der Waals surface area contributed by atoms with Gasteiger partial charge < -0.3 is 15.0 Å². The molecule has 0 saturated carbocycles. The van der Waals surface area contributed by atoms with E-state index in [1.54, 1.807) is 37.1 Å². The van der Waals surface area contributed by atoms with Crippen LogP contribution in [0.2, 0.25) is 5.02 Å². The van der Waals surface area contributed by atoms with Gasteiger partial charge in [-0.05, 0) is 61.8 Å². The van der Waals surface area contributed by atoms with Crippen LogP contribution in [0.1, 0.15) is 36.0 Å². The van der Waals surface area contributed by atoms with Crippen LogP contribution in [0.5, 0.6) is 5.75 Å². The standard InChI is InChI=1S/C23H27ClN2O3S/c1-29-20-11-10-17(14-19(20)24)25-22(27)12-9-16-6-5-13-26(15-16)23(28)18-7-3-4-8-21(18)30-2/h3-4,7-8,10-11,14,16H,5-6,9,12-13,15H2,1-2H3,(H,25,27)/t16-/m0/s1. The fourth-order valence-electron chi connectivity index (χ4n) is 3.78. The Kier molecular flexibility index (Phi) is 8.05. The number of nitrogens with zero attached hydrogens (tertiary/aromatic N) is 1. The third-order valence-corrected chi connectivity index (χ3v) is 6.45. The summed E-state index contributed by atoms with van der Waals surface area (Å²) in [4.78, 5) is 28.3. The summed E-state index contributed by atoms with van der Waals surface area (Å²) in [6.45, 7) is 1.47. The smallest absolute Gasteiger partial charge is 0.254 e. The predicted octanol–water partition coefficient (Wildman–Crippen LogP) is 5.34. The maximum Gasteiger partial charge on any atom is 0.254 e. The van der Waals surface area contributed by atoms with Crippen LogP contribution in [-0.2, 0) is 4.79 Å². The zero-order valence-electron chi connectivity index (χ0n) is 17.3. The van der Waals surface area contributed by atoms with Gasteiger partial charge in [0, 0.05) is 30.1 Å². The second-order valence-corrected chi connectivity index (χ2v) is 8.65. The zero-order valence-corrected chi connectivity index (χ0v) is 18.9. The lowest BCUT2D eigenvalue weighted by atomic mass is 9.92. The van der Waals surface area contributed by atoms with E-state index in [1.807, 2.05) is 35.4 Å². The van der Waals surface area contributed by atoms with Crippen molar-refractivity contribution in [3.63, 3.8) is 0 Å². The van der Waals surface area contributed by atoms with E-state index in [0.717, 1.165) is 36.3 Å². The topological polar surface area (TPSA) is 58.6 Å². The number of carbonyl (C=O) groups excluding carboxylic acids is 2. The summed E-state index contributed by atoms with van der Waals surface area (Å²) in [7, 11) is 1.55. The number of hydrogen-bond acceptors (Lipinski definition) is 4. The van der Waals surface area contributed by atoms with Gasteiger partial charge >= 0.3 is 0 Å². The molecule has 1 aliphatic rings. The van der Waals surface area contributed by atoms with Gasteiger partial charge in [-0.25, -0.2) is 0 Å². The van der Waals surface area contributed by atoms with E-state index < -0.39 is 0 Å². The summed E-state index contributed by atoms with van der Waals surface area (Å²) in [6, 6.07) is 12.9. The third kappa shape index (κ3) is 5.70. The van der Waals surface area contributed by atoms with Gasteiger partial charge in [0.15, 0.2) is 0 Å². The van der Waals surface area contributed by atoms with E-state index in [0.29, 0.717) is 35.3 Å². The summed E-state index contributed by atoms with van der Waals surface area (Å²) in [5, 5.41) is 3.35. The van der Waals surface area contributed by atoms with Crippen molar-refractivity contribution in [1.82, 2.24) is 4.90 Å². The van der Waals surface area contributed by atoms with Crippen molar-refractivity contribution in [2.45, 2.75) is 30.6 Å². The SMILES string of the molecule is COc1ccc(NC(=O)CC[C@@H]2CCCN(C(=O)c3ccccc3SC)C2)cc1Cl. The minimum absolute atomic E-state index is 0.0487. The van der Waals surface area contributed by atoms with Crippen LogP contribution in [0.25, 0.3) is 0 Å². The Hall–Kier alpha value is -2.18. The fraction of sp³-hybridized carbons (Fsp3) is 0.391. The van der Waals surface area contributed by atoms with Crippen molar-refractivity contribution >= 4 is 40.9 Å². The van der Waals surface area contributed by atoms with Crippen LogP contribution in [0, 0.1) is 5.92 Å². The van der Waals surface area contributed by atoms with Crippen molar-refractivity contribution in [3.05, 3.63) is 53.1 Å². The van der Waals surface area contributed by atoms with Crippen LogP contribution in [0.15, 0.2) is 47.4 Å². The number of methoxy groups -OCH3 is 1. The largest absolute Gasteiger partial charge is 0.495 e. The Labute approximate surface area is 187 Å². The number of halogens is 1. The number of rotatable bonds is 7. The van der Waals surface area contributed by atoms with Crippen LogP contribution in [0.3, 0.4) is 0 Å². The number of benzene rings is 2. The van der Waals surface area contributed by atoms with E-state index in [-0.39, 0.29) is 11.8 Å².